The third kappa shape index (κ3) is 4.49. The molecule has 0 saturated heterocycles. The minimum absolute atomic E-state index is 0.189. The van der Waals surface area contributed by atoms with Gasteiger partial charge in [0, 0.05) is 13.1 Å². The van der Waals surface area contributed by atoms with E-state index < -0.39 is 0 Å². The van der Waals surface area contributed by atoms with Crippen molar-refractivity contribution in [1.29, 1.82) is 0 Å². The molecule has 0 atom stereocenters. The highest BCUT2D eigenvalue weighted by Crippen LogP contribution is 2.16. The van der Waals surface area contributed by atoms with Crippen molar-refractivity contribution in [1.82, 2.24) is 4.90 Å². The molecule has 2 nitrogen and oxygen atoms in total. The van der Waals surface area contributed by atoms with E-state index in [0.29, 0.717) is 0 Å². The summed E-state index contributed by atoms with van der Waals surface area (Å²) in [6, 6.07) is 6.70. The van der Waals surface area contributed by atoms with Gasteiger partial charge in [0.05, 0.1) is 0 Å². The molecule has 1 aromatic carbocycles. The van der Waals surface area contributed by atoms with Crippen LogP contribution in [-0.2, 0) is 6.54 Å². The van der Waals surface area contributed by atoms with Crippen LogP contribution in [0.4, 0.5) is 0 Å². The summed E-state index contributed by atoms with van der Waals surface area (Å²) in [7, 11) is 2.16. The summed E-state index contributed by atoms with van der Waals surface area (Å²) in [6.45, 7) is 11.5. The number of aryl methyl sites for hydroxylation is 2. The maximum atomic E-state index is 5.77. The first-order valence-electron chi connectivity index (χ1n) is 6.29. The van der Waals surface area contributed by atoms with Crippen LogP contribution in [0.5, 0.6) is 0 Å². The van der Waals surface area contributed by atoms with Gasteiger partial charge in [-0.2, -0.15) is 0 Å². The van der Waals surface area contributed by atoms with Crippen molar-refractivity contribution >= 4 is 0 Å². The maximum Gasteiger partial charge on any atom is 0.0231 e. The summed E-state index contributed by atoms with van der Waals surface area (Å²) in [5, 5.41) is 0. The van der Waals surface area contributed by atoms with Crippen LogP contribution < -0.4 is 5.73 Å². The number of benzene rings is 1. The molecular weight excluding hydrogens is 208 g/mol. The average Bonchev–Trinajstić information content (AvgIpc) is 2.23. The molecule has 0 bridgehead atoms. The highest BCUT2D eigenvalue weighted by atomic mass is 15.1. The van der Waals surface area contributed by atoms with E-state index in [1.54, 1.807) is 0 Å². The van der Waals surface area contributed by atoms with Gasteiger partial charge >= 0.3 is 0 Å². The Morgan fingerprint density at radius 1 is 1.18 bits per heavy atom. The molecule has 2 N–H and O–H groups in total. The number of nitrogens with two attached hydrogens (primary N) is 1. The van der Waals surface area contributed by atoms with Crippen molar-refractivity contribution < 1.29 is 0 Å². The molecule has 0 aliphatic heterocycles. The Bertz CT molecular complexity index is 369. The molecule has 1 rings (SSSR count). The molecule has 0 radical (unpaired) electrons. The van der Waals surface area contributed by atoms with Crippen molar-refractivity contribution in [2.45, 2.75) is 34.2 Å². The van der Waals surface area contributed by atoms with Gasteiger partial charge in [0.25, 0.3) is 0 Å². The molecule has 0 spiro atoms. The largest absolute Gasteiger partial charge is 0.330 e. The Balaban J connectivity index is 2.62. The van der Waals surface area contributed by atoms with E-state index in [-0.39, 0.29) is 5.41 Å². The molecule has 17 heavy (non-hydrogen) atoms. The molecule has 0 aliphatic carbocycles. The number of rotatable bonds is 5. The van der Waals surface area contributed by atoms with Crippen LogP contribution in [0, 0.1) is 19.3 Å². The van der Waals surface area contributed by atoms with Gasteiger partial charge in [-0.15, -0.1) is 0 Å². The van der Waals surface area contributed by atoms with Gasteiger partial charge < -0.3 is 10.6 Å². The summed E-state index contributed by atoms with van der Waals surface area (Å²) in [5.41, 5.74) is 10.1. The van der Waals surface area contributed by atoms with Gasteiger partial charge in [0.2, 0.25) is 0 Å². The maximum absolute atomic E-state index is 5.77. The molecule has 2 heteroatoms. The predicted octanol–water partition coefficient (Wildman–Crippen LogP) is 2.72. The van der Waals surface area contributed by atoms with Gasteiger partial charge in [-0.05, 0) is 49.5 Å². The van der Waals surface area contributed by atoms with Crippen molar-refractivity contribution in [3.05, 3.63) is 34.9 Å². The fourth-order valence-corrected chi connectivity index (χ4v) is 2.06. The minimum Gasteiger partial charge on any atom is -0.330 e. The number of hydrogen-bond acceptors (Lipinski definition) is 2. The predicted molar refractivity (Wildman–Crippen MR) is 75.1 cm³/mol. The second-order valence-corrected chi connectivity index (χ2v) is 5.96. The molecule has 0 fully saturated rings. The second-order valence-electron chi connectivity index (χ2n) is 5.96. The Morgan fingerprint density at radius 3 is 2.35 bits per heavy atom. The van der Waals surface area contributed by atoms with Crippen LogP contribution in [0.3, 0.4) is 0 Å². The standard InChI is InChI=1S/C15H26N2/c1-12-6-7-14(8-13(12)2)9-17(5)11-15(3,4)10-16/h6-8H,9-11,16H2,1-5H3. The summed E-state index contributed by atoms with van der Waals surface area (Å²) in [5.74, 6) is 0. The molecular formula is C15H26N2. The van der Waals surface area contributed by atoms with Gasteiger partial charge in [0.1, 0.15) is 0 Å². The van der Waals surface area contributed by atoms with Gasteiger partial charge in [0.15, 0.2) is 0 Å². The van der Waals surface area contributed by atoms with E-state index in [9.17, 15) is 0 Å². The van der Waals surface area contributed by atoms with E-state index in [0.717, 1.165) is 19.6 Å². The van der Waals surface area contributed by atoms with E-state index >= 15 is 0 Å². The first kappa shape index (κ1) is 14.2. The van der Waals surface area contributed by atoms with E-state index in [1.807, 2.05) is 0 Å². The lowest BCUT2D eigenvalue weighted by atomic mass is 9.93. The lowest BCUT2D eigenvalue weighted by Crippen LogP contribution is -2.36. The smallest absolute Gasteiger partial charge is 0.0231 e. The highest BCUT2D eigenvalue weighted by Gasteiger charge is 2.17. The Hall–Kier alpha value is -0.860. The topological polar surface area (TPSA) is 29.3 Å². The summed E-state index contributed by atoms with van der Waals surface area (Å²) in [6.07, 6.45) is 0. The summed E-state index contributed by atoms with van der Waals surface area (Å²) < 4.78 is 0. The van der Waals surface area contributed by atoms with Crippen molar-refractivity contribution in [2.24, 2.45) is 11.1 Å². The third-order valence-corrected chi connectivity index (χ3v) is 3.27. The highest BCUT2D eigenvalue weighted by molar-refractivity contribution is 5.29. The van der Waals surface area contributed by atoms with Gasteiger partial charge in [-0.1, -0.05) is 32.0 Å². The second kappa shape index (κ2) is 5.65. The zero-order chi connectivity index (χ0) is 13.1. The lowest BCUT2D eigenvalue weighted by Gasteiger charge is -2.29. The lowest BCUT2D eigenvalue weighted by molar-refractivity contribution is 0.210. The van der Waals surface area contributed by atoms with E-state index in [4.69, 9.17) is 5.73 Å². The van der Waals surface area contributed by atoms with Crippen LogP contribution in [0.1, 0.15) is 30.5 Å². The normalized spacial score (nSPS) is 12.2. The molecule has 0 unspecified atom stereocenters. The molecule has 0 aromatic heterocycles. The quantitative estimate of drug-likeness (QED) is 0.849. The molecule has 0 amide bonds. The van der Waals surface area contributed by atoms with Gasteiger partial charge in [-0.25, -0.2) is 0 Å². The van der Waals surface area contributed by atoms with Crippen LogP contribution in [-0.4, -0.2) is 25.0 Å². The monoisotopic (exact) mass is 234 g/mol. The van der Waals surface area contributed by atoms with Crippen molar-refractivity contribution in [2.75, 3.05) is 20.1 Å². The summed E-state index contributed by atoms with van der Waals surface area (Å²) in [4.78, 5) is 2.34. The fraction of sp³-hybridized carbons (Fsp3) is 0.600. The Kier molecular flexibility index (Phi) is 4.72. The molecule has 96 valence electrons. The number of nitrogens with zero attached hydrogens (tertiary/aromatic N) is 1. The zero-order valence-electron chi connectivity index (χ0n) is 11.9. The summed E-state index contributed by atoms with van der Waals surface area (Å²) >= 11 is 0. The molecule has 0 heterocycles. The van der Waals surface area contributed by atoms with Gasteiger partial charge in [-0.3, -0.25) is 0 Å². The van der Waals surface area contributed by atoms with Crippen molar-refractivity contribution in [3.63, 3.8) is 0 Å². The first-order chi connectivity index (χ1) is 7.84. The Morgan fingerprint density at radius 2 is 1.82 bits per heavy atom. The third-order valence-electron chi connectivity index (χ3n) is 3.27. The molecule has 1 aromatic rings. The van der Waals surface area contributed by atoms with Crippen LogP contribution >= 0.6 is 0 Å². The van der Waals surface area contributed by atoms with Crippen LogP contribution in [0.25, 0.3) is 0 Å². The molecule has 0 aliphatic rings. The van der Waals surface area contributed by atoms with Crippen LogP contribution in [0.15, 0.2) is 18.2 Å². The van der Waals surface area contributed by atoms with E-state index in [2.05, 4.69) is 57.8 Å². The van der Waals surface area contributed by atoms with E-state index in [1.165, 1.54) is 16.7 Å². The Labute approximate surface area is 106 Å². The SMILES string of the molecule is Cc1ccc(CN(C)CC(C)(C)CN)cc1C. The first-order valence-corrected chi connectivity index (χ1v) is 6.29. The average molecular weight is 234 g/mol. The van der Waals surface area contributed by atoms with Crippen LogP contribution in [0.2, 0.25) is 0 Å². The fourth-order valence-electron chi connectivity index (χ4n) is 2.06. The minimum atomic E-state index is 0.189. The van der Waals surface area contributed by atoms with Crippen molar-refractivity contribution in [3.8, 4) is 0 Å². The molecule has 0 saturated carbocycles. The zero-order valence-corrected chi connectivity index (χ0v) is 11.9. The number of hydrogen-bond donors (Lipinski definition) is 1.